The first kappa shape index (κ1) is 12.3. The van der Waals surface area contributed by atoms with Crippen LogP contribution in [-0.2, 0) is 0 Å². The summed E-state index contributed by atoms with van der Waals surface area (Å²) in [7, 11) is 11.7. The molecule has 3 nitrogen and oxygen atoms in total. The maximum atomic E-state index is 9.17. The van der Waals surface area contributed by atoms with Crippen molar-refractivity contribution in [2.24, 2.45) is 0 Å². The van der Waals surface area contributed by atoms with Crippen molar-refractivity contribution < 1.29 is 10.2 Å². The summed E-state index contributed by atoms with van der Waals surface area (Å²) in [6.07, 6.45) is -1.57. The Balaban J connectivity index is 4.35. The van der Waals surface area contributed by atoms with Crippen molar-refractivity contribution in [1.82, 2.24) is 3.12 Å². The Morgan fingerprint density at radius 3 is 1.45 bits per heavy atom. The fraction of sp³-hybridized carbons (Fsp3) is 1.00. The first-order valence-corrected chi connectivity index (χ1v) is 14.6. The standard InChI is InChI=1S/C4H10NO2.CH3.2ClH.Sn/c1-3(6)5-4(2)7;;;;/h3-4,6-7H,1-2H3;1H3;2*1H;/q-1;;;;+3/p-2. The van der Waals surface area contributed by atoms with E-state index in [0.29, 0.717) is 0 Å². The third-order valence-electron chi connectivity index (χ3n) is 1.26. The monoisotopic (exact) mass is 309 g/mol. The molecule has 0 aromatic rings. The quantitative estimate of drug-likeness (QED) is 0.604. The van der Waals surface area contributed by atoms with E-state index in [1.54, 1.807) is 4.94 Å². The number of rotatable bonds is 3. The summed E-state index contributed by atoms with van der Waals surface area (Å²) in [5.74, 6) is 0. The number of nitrogens with zero attached hydrogens (tertiary/aromatic N) is 1. The predicted octanol–water partition coefficient (Wildman–Crippen LogP) is 1.01. The van der Waals surface area contributed by atoms with E-state index in [-0.39, 0.29) is 0 Å². The van der Waals surface area contributed by atoms with Crippen LogP contribution in [0.5, 0.6) is 0 Å². The van der Waals surface area contributed by atoms with Crippen molar-refractivity contribution in [2.45, 2.75) is 31.2 Å². The molecule has 0 aliphatic heterocycles. The van der Waals surface area contributed by atoms with Crippen LogP contribution in [0.2, 0.25) is 4.94 Å². The van der Waals surface area contributed by atoms with E-state index in [9.17, 15) is 0 Å². The molecule has 68 valence electrons. The average molecular weight is 309 g/mol. The third-order valence-corrected chi connectivity index (χ3v) is 8.60. The van der Waals surface area contributed by atoms with Crippen LogP contribution in [0.15, 0.2) is 0 Å². The van der Waals surface area contributed by atoms with Crippen LogP contribution in [0.25, 0.3) is 0 Å². The second-order valence-electron chi connectivity index (χ2n) is 2.51. The molecule has 0 aliphatic rings. The van der Waals surface area contributed by atoms with Gasteiger partial charge in [-0.05, 0) is 0 Å². The van der Waals surface area contributed by atoms with Crippen LogP contribution in [0.1, 0.15) is 13.8 Å². The summed E-state index contributed by atoms with van der Waals surface area (Å²) in [5, 5.41) is 18.3. The predicted molar refractivity (Wildman–Crippen MR) is 48.5 cm³/mol. The van der Waals surface area contributed by atoms with Crippen molar-refractivity contribution in [3.05, 3.63) is 0 Å². The number of halogens is 2. The van der Waals surface area contributed by atoms with Gasteiger partial charge in [0.1, 0.15) is 0 Å². The molecule has 0 saturated heterocycles. The van der Waals surface area contributed by atoms with E-state index in [1.807, 2.05) is 0 Å². The van der Waals surface area contributed by atoms with Crippen molar-refractivity contribution >= 4 is 34.2 Å². The molecule has 2 N–H and O–H groups in total. The Morgan fingerprint density at radius 2 is 1.45 bits per heavy atom. The van der Waals surface area contributed by atoms with Gasteiger partial charge in [0.2, 0.25) is 0 Å². The first-order chi connectivity index (χ1) is 4.76. The summed E-state index contributed by atoms with van der Waals surface area (Å²) < 4.78 is 1.37. The van der Waals surface area contributed by atoms with E-state index < -0.39 is 28.9 Å². The number of aliphatic hydroxyl groups excluding tert-OH is 2. The Kier molecular flexibility index (Phi) is 5.00. The molecular weight excluding hydrogens is 296 g/mol. The molecule has 0 rings (SSSR count). The second-order valence-corrected chi connectivity index (χ2v) is 20.0. The zero-order valence-corrected chi connectivity index (χ0v) is 11.1. The molecule has 0 aromatic carbocycles. The van der Waals surface area contributed by atoms with E-state index in [1.165, 1.54) is 17.0 Å². The van der Waals surface area contributed by atoms with Gasteiger partial charge in [-0.25, -0.2) is 0 Å². The maximum absolute atomic E-state index is 9.17. The van der Waals surface area contributed by atoms with Crippen LogP contribution in [0, 0.1) is 0 Å². The van der Waals surface area contributed by atoms with Gasteiger partial charge in [0.15, 0.2) is 0 Å². The molecule has 0 aliphatic carbocycles. The van der Waals surface area contributed by atoms with Gasteiger partial charge in [0, 0.05) is 0 Å². The molecule has 2 unspecified atom stereocenters. The normalized spacial score (nSPS) is 18.5. The molecular formula is C5H13Cl2NO2Sn. The topological polar surface area (TPSA) is 43.7 Å². The molecule has 0 saturated carbocycles. The third kappa shape index (κ3) is 4.15. The van der Waals surface area contributed by atoms with Gasteiger partial charge in [0.25, 0.3) is 0 Å². The fourth-order valence-corrected chi connectivity index (χ4v) is 8.50. The Bertz CT molecular complexity index is 118. The number of aliphatic hydroxyl groups is 2. The van der Waals surface area contributed by atoms with Gasteiger partial charge in [-0.2, -0.15) is 0 Å². The molecule has 0 heterocycles. The van der Waals surface area contributed by atoms with E-state index >= 15 is 0 Å². The van der Waals surface area contributed by atoms with Crippen LogP contribution < -0.4 is 0 Å². The summed E-state index contributed by atoms with van der Waals surface area (Å²) >= 11 is -3.34. The summed E-state index contributed by atoms with van der Waals surface area (Å²) in [6.45, 7) is 3.07. The minimum atomic E-state index is -3.34. The molecule has 6 heteroatoms. The molecule has 0 bridgehead atoms. The van der Waals surface area contributed by atoms with E-state index in [4.69, 9.17) is 28.1 Å². The zero-order chi connectivity index (χ0) is 9.23. The first-order valence-electron chi connectivity index (χ1n) is 3.29. The minimum absolute atomic E-state index is 0.786. The van der Waals surface area contributed by atoms with Crippen molar-refractivity contribution in [3.63, 3.8) is 0 Å². The molecule has 0 spiro atoms. The van der Waals surface area contributed by atoms with Gasteiger partial charge in [0.05, 0.1) is 0 Å². The van der Waals surface area contributed by atoms with Gasteiger partial charge in [-0.1, -0.05) is 0 Å². The van der Waals surface area contributed by atoms with E-state index in [2.05, 4.69) is 0 Å². The molecule has 0 aromatic heterocycles. The van der Waals surface area contributed by atoms with Gasteiger partial charge in [-0.15, -0.1) is 0 Å². The van der Waals surface area contributed by atoms with Crippen LogP contribution in [0.4, 0.5) is 0 Å². The molecule has 11 heavy (non-hydrogen) atoms. The Labute approximate surface area is 78.6 Å². The van der Waals surface area contributed by atoms with E-state index in [0.717, 1.165) is 0 Å². The molecule has 0 amide bonds. The van der Waals surface area contributed by atoms with Crippen molar-refractivity contribution in [2.75, 3.05) is 0 Å². The van der Waals surface area contributed by atoms with Crippen molar-refractivity contribution in [3.8, 4) is 0 Å². The molecule has 2 atom stereocenters. The molecule has 0 radical (unpaired) electrons. The average Bonchev–Trinajstić information content (AvgIpc) is 1.54. The van der Waals surface area contributed by atoms with Gasteiger partial charge in [-0.3, -0.25) is 0 Å². The van der Waals surface area contributed by atoms with Crippen LogP contribution in [0.3, 0.4) is 0 Å². The SMILES string of the molecule is CC(O)[N](C(C)O)[Sn]([CH3])([Cl])[Cl]. The summed E-state index contributed by atoms with van der Waals surface area (Å²) in [5.41, 5.74) is 0. The Morgan fingerprint density at radius 1 is 1.18 bits per heavy atom. The van der Waals surface area contributed by atoms with Gasteiger partial charge >= 0.3 is 78.8 Å². The summed E-state index contributed by atoms with van der Waals surface area (Å²) in [4.78, 5) is 1.69. The Hall–Kier alpha value is 1.26. The number of hydrogen-bond donors (Lipinski definition) is 2. The second kappa shape index (κ2) is 4.48. The van der Waals surface area contributed by atoms with Crippen LogP contribution >= 0.6 is 17.8 Å². The van der Waals surface area contributed by atoms with Crippen molar-refractivity contribution in [1.29, 1.82) is 0 Å². The molecule has 0 fully saturated rings. The summed E-state index contributed by atoms with van der Waals surface area (Å²) in [6, 6.07) is 0. The zero-order valence-electron chi connectivity index (χ0n) is 6.75. The van der Waals surface area contributed by atoms with Gasteiger partial charge < -0.3 is 0 Å². The van der Waals surface area contributed by atoms with Crippen LogP contribution in [-0.4, -0.2) is 42.2 Å². The fourth-order valence-electron chi connectivity index (χ4n) is 0.968. The number of hydrogen-bond acceptors (Lipinski definition) is 3.